The summed E-state index contributed by atoms with van der Waals surface area (Å²) in [6, 6.07) is 1.16. The molecule has 9 heavy (non-hydrogen) atoms. The van der Waals surface area contributed by atoms with Crippen LogP contribution in [0.5, 0.6) is 0 Å². The summed E-state index contributed by atoms with van der Waals surface area (Å²) < 4.78 is 0. The molecule has 0 fully saturated rings. The van der Waals surface area contributed by atoms with Crippen molar-refractivity contribution in [3.8, 4) is 0 Å². The Hall–Kier alpha value is 0.247. The minimum atomic E-state index is -0.925. The van der Waals surface area contributed by atoms with Gasteiger partial charge in [-0.05, 0) is 6.04 Å². The van der Waals surface area contributed by atoms with Gasteiger partial charge in [-0.3, -0.25) is 0 Å². The van der Waals surface area contributed by atoms with Crippen molar-refractivity contribution in [2.24, 2.45) is 0 Å². The molecule has 0 rings (SSSR count). The van der Waals surface area contributed by atoms with Crippen molar-refractivity contribution in [1.29, 1.82) is 0 Å². The topological polar surface area (TPSA) is 0 Å². The number of hydrogen-bond donors (Lipinski definition) is 0. The monoisotopic (exact) mass is 162 g/mol. The van der Waals surface area contributed by atoms with E-state index < -0.39 is 8.07 Å². The Morgan fingerprint density at radius 1 is 1.44 bits per heavy atom. The first-order valence-electron chi connectivity index (χ1n) is 3.18. The van der Waals surface area contributed by atoms with Gasteiger partial charge in [-0.25, -0.2) is 0 Å². The van der Waals surface area contributed by atoms with Gasteiger partial charge in [0.2, 0.25) is 0 Å². The maximum Gasteiger partial charge on any atom is 0.0483 e. The van der Waals surface area contributed by atoms with Crippen molar-refractivity contribution in [2.75, 3.05) is 5.88 Å². The summed E-state index contributed by atoms with van der Waals surface area (Å²) in [7, 11) is -0.925. The van der Waals surface area contributed by atoms with E-state index >= 15 is 0 Å². The minimum Gasteiger partial charge on any atom is -0.122 e. The molecule has 54 valence electrons. The Balaban J connectivity index is 3.60. The van der Waals surface area contributed by atoms with Gasteiger partial charge in [0.15, 0.2) is 0 Å². The van der Waals surface area contributed by atoms with Gasteiger partial charge in [-0.15, -0.1) is 11.6 Å². The van der Waals surface area contributed by atoms with Gasteiger partial charge < -0.3 is 0 Å². The van der Waals surface area contributed by atoms with E-state index in [1.165, 1.54) is 5.57 Å². The van der Waals surface area contributed by atoms with Crippen LogP contribution in [-0.4, -0.2) is 14.0 Å². The van der Waals surface area contributed by atoms with Crippen LogP contribution >= 0.6 is 11.6 Å². The molecule has 0 atom stereocenters. The molecule has 0 aromatic heterocycles. The number of hydrogen-bond acceptors (Lipinski definition) is 0. The fourth-order valence-electron chi connectivity index (χ4n) is 0.797. The highest BCUT2D eigenvalue weighted by molar-refractivity contribution is 6.76. The van der Waals surface area contributed by atoms with Gasteiger partial charge in [0.1, 0.15) is 0 Å². The lowest BCUT2D eigenvalue weighted by Crippen LogP contribution is -2.19. The highest BCUT2D eigenvalue weighted by atomic mass is 35.5. The standard InChI is InChI=1S/C7H15ClSi/c1-7(5-8)6-9(2,3)4/h1,5-6H2,2-4H3. The summed E-state index contributed by atoms with van der Waals surface area (Å²) in [4.78, 5) is 0. The molecular weight excluding hydrogens is 148 g/mol. The first kappa shape index (κ1) is 9.25. The molecule has 0 aliphatic carbocycles. The van der Waals surface area contributed by atoms with Gasteiger partial charge in [-0.1, -0.05) is 31.8 Å². The van der Waals surface area contributed by atoms with Crippen molar-refractivity contribution in [2.45, 2.75) is 25.7 Å². The van der Waals surface area contributed by atoms with Crippen LogP contribution in [-0.2, 0) is 0 Å². The molecule has 0 nitrogen and oxygen atoms in total. The summed E-state index contributed by atoms with van der Waals surface area (Å²) >= 11 is 5.58. The average Bonchev–Trinajstić information content (AvgIpc) is 1.62. The molecule has 0 amide bonds. The van der Waals surface area contributed by atoms with E-state index in [0.717, 1.165) is 6.04 Å². The molecule has 0 saturated carbocycles. The smallest absolute Gasteiger partial charge is 0.0483 e. The lowest BCUT2D eigenvalue weighted by molar-refractivity contribution is 1.34. The Morgan fingerprint density at radius 2 is 1.89 bits per heavy atom. The second-order valence-corrected chi connectivity index (χ2v) is 9.36. The second kappa shape index (κ2) is 3.42. The molecule has 2 heteroatoms. The van der Waals surface area contributed by atoms with E-state index in [9.17, 15) is 0 Å². The first-order chi connectivity index (χ1) is 3.95. The first-order valence-corrected chi connectivity index (χ1v) is 7.42. The van der Waals surface area contributed by atoms with Crippen molar-refractivity contribution in [3.05, 3.63) is 12.2 Å². The minimum absolute atomic E-state index is 0.629. The van der Waals surface area contributed by atoms with Crippen molar-refractivity contribution in [3.63, 3.8) is 0 Å². The van der Waals surface area contributed by atoms with E-state index in [4.69, 9.17) is 11.6 Å². The average molecular weight is 163 g/mol. The molecule has 0 aliphatic rings. The van der Waals surface area contributed by atoms with Crippen LogP contribution in [0.15, 0.2) is 12.2 Å². The molecule has 0 saturated heterocycles. The molecule has 0 N–H and O–H groups in total. The zero-order valence-corrected chi connectivity index (χ0v) is 8.26. The summed E-state index contributed by atoms with van der Waals surface area (Å²) in [6.07, 6.45) is 0. The van der Waals surface area contributed by atoms with Crippen LogP contribution in [0.25, 0.3) is 0 Å². The fourth-order valence-corrected chi connectivity index (χ4v) is 2.68. The van der Waals surface area contributed by atoms with Crippen LogP contribution < -0.4 is 0 Å². The zero-order valence-electron chi connectivity index (χ0n) is 6.50. The number of allylic oxidation sites excluding steroid dienone is 1. The van der Waals surface area contributed by atoms with Gasteiger partial charge in [0, 0.05) is 14.0 Å². The summed E-state index contributed by atoms with van der Waals surface area (Å²) in [6.45, 7) is 10.8. The van der Waals surface area contributed by atoms with Crippen LogP contribution in [0.2, 0.25) is 25.7 Å². The van der Waals surface area contributed by atoms with Crippen LogP contribution in [0.3, 0.4) is 0 Å². The van der Waals surface area contributed by atoms with E-state index in [-0.39, 0.29) is 0 Å². The van der Waals surface area contributed by atoms with Crippen molar-refractivity contribution >= 4 is 19.7 Å². The molecule has 0 aliphatic heterocycles. The number of halogens is 1. The Labute approximate surface area is 63.9 Å². The van der Waals surface area contributed by atoms with Gasteiger partial charge in [0.25, 0.3) is 0 Å². The van der Waals surface area contributed by atoms with E-state index in [1.54, 1.807) is 0 Å². The molecule has 0 aromatic carbocycles. The molecule has 0 bridgehead atoms. The van der Waals surface area contributed by atoms with Crippen LogP contribution in [0.4, 0.5) is 0 Å². The van der Waals surface area contributed by atoms with Gasteiger partial charge in [-0.2, -0.15) is 0 Å². The van der Waals surface area contributed by atoms with Gasteiger partial charge in [0.05, 0.1) is 0 Å². The fraction of sp³-hybridized carbons (Fsp3) is 0.714. The largest absolute Gasteiger partial charge is 0.122 e. The van der Waals surface area contributed by atoms with Gasteiger partial charge >= 0.3 is 0 Å². The summed E-state index contributed by atoms with van der Waals surface area (Å²) in [5, 5.41) is 0. The van der Waals surface area contributed by atoms with E-state index in [1.807, 2.05) is 0 Å². The molecular formula is C7H15ClSi. The van der Waals surface area contributed by atoms with E-state index in [0.29, 0.717) is 5.88 Å². The number of rotatable bonds is 3. The molecule has 0 radical (unpaired) electrons. The highest BCUT2D eigenvalue weighted by Gasteiger charge is 2.13. The maximum absolute atomic E-state index is 5.58. The highest BCUT2D eigenvalue weighted by Crippen LogP contribution is 2.14. The Kier molecular flexibility index (Phi) is 3.52. The third-order valence-corrected chi connectivity index (χ3v) is 2.91. The Morgan fingerprint density at radius 3 is 2.00 bits per heavy atom. The molecule has 0 spiro atoms. The maximum atomic E-state index is 5.58. The SMILES string of the molecule is C=C(CCl)C[Si](C)(C)C. The molecule has 0 heterocycles. The normalized spacial score (nSPS) is 11.6. The third-order valence-electron chi connectivity index (χ3n) is 0.969. The lowest BCUT2D eigenvalue weighted by Gasteiger charge is -2.15. The quantitative estimate of drug-likeness (QED) is 0.340. The number of alkyl halides is 1. The van der Waals surface area contributed by atoms with Crippen molar-refractivity contribution < 1.29 is 0 Å². The van der Waals surface area contributed by atoms with Crippen LogP contribution in [0.1, 0.15) is 0 Å². The second-order valence-electron chi connectivity index (χ2n) is 3.62. The van der Waals surface area contributed by atoms with Crippen LogP contribution in [0, 0.1) is 0 Å². The predicted octanol–water partition coefficient (Wildman–Crippen LogP) is 3.12. The van der Waals surface area contributed by atoms with E-state index in [2.05, 4.69) is 26.2 Å². The molecule has 0 unspecified atom stereocenters. The Bertz CT molecular complexity index is 102. The van der Waals surface area contributed by atoms with Crippen molar-refractivity contribution in [1.82, 2.24) is 0 Å². The zero-order chi connectivity index (χ0) is 7.49. The predicted molar refractivity (Wildman–Crippen MR) is 48.0 cm³/mol. The third kappa shape index (κ3) is 6.13. The summed E-state index contributed by atoms with van der Waals surface area (Å²) in [5.41, 5.74) is 1.19. The lowest BCUT2D eigenvalue weighted by atomic mass is 10.4. The molecule has 0 aromatic rings. The summed E-state index contributed by atoms with van der Waals surface area (Å²) in [5.74, 6) is 0.629.